The lowest BCUT2D eigenvalue weighted by Crippen LogP contribution is -2.34. The Bertz CT molecular complexity index is 410. The molecular formula is C12H14ClNO. The quantitative estimate of drug-likeness (QED) is 0.727. The van der Waals surface area contributed by atoms with Gasteiger partial charge in [-0.25, -0.2) is 0 Å². The van der Waals surface area contributed by atoms with Crippen LogP contribution in [0.1, 0.15) is 25.0 Å². The Hall–Kier alpha value is -0.730. The lowest BCUT2D eigenvalue weighted by Gasteiger charge is -2.29. The van der Waals surface area contributed by atoms with E-state index in [1.165, 1.54) is 18.4 Å². The summed E-state index contributed by atoms with van der Waals surface area (Å²) >= 11 is 6.08. The van der Waals surface area contributed by atoms with Crippen LogP contribution in [-0.2, 0) is 0 Å². The minimum Gasteiger partial charge on any atom is -0.463 e. The highest BCUT2D eigenvalue weighted by Crippen LogP contribution is 2.39. The maximum absolute atomic E-state index is 6.08. The molecule has 2 bridgehead atoms. The molecule has 1 fully saturated rings. The molecule has 1 saturated heterocycles. The van der Waals surface area contributed by atoms with Crippen LogP contribution >= 0.6 is 11.6 Å². The zero-order valence-electron chi connectivity index (χ0n) is 8.74. The topological polar surface area (TPSA) is 16.4 Å². The lowest BCUT2D eigenvalue weighted by atomic mass is 10.00. The fraction of sp³-hybridized carbons (Fsp3) is 0.500. The first-order valence-electron chi connectivity index (χ1n) is 5.41. The highest BCUT2D eigenvalue weighted by Gasteiger charge is 2.35. The summed E-state index contributed by atoms with van der Waals surface area (Å²) < 4.78 is 5.44. The van der Waals surface area contributed by atoms with Crippen molar-refractivity contribution in [2.75, 3.05) is 7.05 Å². The largest absolute Gasteiger partial charge is 0.463 e. The van der Waals surface area contributed by atoms with Crippen molar-refractivity contribution in [2.45, 2.75) is 31.3 Å². The van der Waals surface area contributed by atoms with Crippen molar-refractivity contribution in [3.63, 3.8) is 0 Å². The Balaban J connectivity index is 1.97. The fourth-order valence-electron chi connectivity index (χ4n) is 2.73. The molecule has 0 radical (unpaired) electrons. The molecule has 3 heterocycles. The molecule has 0 N–H and O–H groups in total. The normalized spacial score (nSPS) is 30.7. The van der Waals surface area contributed by atoms with E-state index in [2.05, 4.69) is 18.0 Å². The minimum atomic E-state index is 0.583. The summed E-state index contributed by atoms with van der Waals surface area (Å²) in [6.45, 7) is 0. The molecular weight excluding hydrogens is 210 g/mol. The van der Waals surface area contributed by atoms with Crippen LogP contribution in [0.3, 0.4) is 0 Å². The molecule has 0 aliphatic carbocycles. The Morgan fingerprint density at radius 2 is 2.33 bits per heavy atom. The number of halogens is 1. The van der Waals surface area contributed by atoms with Gasteiger partial charge < -0.3 is 4.42 Å². The molecule has 0 amide bonds. The van der Waals surface area contributed by atoms with Gasteiger partial charge in [-0.1, -0.05) is 17.7 Å². The van der Waals surface area contributed by atoms with Crippen molar-refractivity contribution < 1.29 is 4.42 Å². The zero-order chi connectivity index (χ0) is 10.4. The van der Waals surface area contributed by atoms with E-state index in [-0.39, 0.29) is 0 Å². The molecule has 3 rings (SSSR count). The SMILES string of the molecule is CN1C2C=C(c3occc3Cl)CC1CC2. The third kappa shape index (κ3) is 1.44. The number of likely N-dealkylation sites (N-methyl/N-ethyl adjacent to an activating group) is 1. The molecule has 2 unspecified atom stereocenters. The maximum Gasteiger partial charge on any atom is 0.148 e. The first kappa shape index (κ1) is 9.49. The smallest absolute Gasteiger partial charge is 0.148 e. The maximum atomic E-state index is 6.08. The van der Waals surface area contributed by atoms with E-state index < -0.39 is 0 Å². The second kappa shape index (κ2) is 3.39. The third-order valence-electron chi connectivity index (χ3n) is 3.65. The molecule has 80 valence electrons. The zero-order valence-corrected chi connectivity index (χ0v) is 9.50. The first-order chi connectivity index (χ1) is 7.25. The van der Waals surface area contributed by atoms with E-state index in [9.17, 15) is 0 Å². The van der Waals surface area contributed by atoms with Crippen LogP contribution in [0.4, 0.5) is 0 Å². The van der Waals surface area contributed by atoms with E-state index in [0.29, 0.717) is 12.1 Å². The van der Waals surface area contributed by atoms with E-state index >= 15 is 0 Å². The van der Waals surface area contributed by atoms with Gasteiger partial charge in [0.05, 0.1) is 11.3 Å². The van der Waals surface area contributed by atoms with Crippen molar-refractivity contribution in [2.24, 2.45) is 0 Å². The van der Waals surface area contributed by atoms with Crippen LogP contribution in [0.15, 0.2) is 22.8 Å². The number of hydrogen-bond donors (Lipinski definition) is 0. The van der Waals surface area contributed by atoms with Gasteiger partial charge in [0.15, 0.2) is 0 Å². The summed E-state index contributed by atoms with van der Waals surface area (Å²) in [5.41, 5.74) is 1.29. The van der Waals surface area contributed by atoms with Crippen LogP contribution in [0.2, 0.25) is 5.02 Å². The van der Waals surface area contributed by atoms with Crippen molar-refractivity contribution in [1.82, 2.24) is 4.90 Å². The summed E-state index contributed by atoms with van der Waals surface area (Å²) in [6, 6.07) is 3.08. The van der Waals surface area contributed by atoms with E-state index in [1.54, 1.807) is 6.26 Å². The van der Waals surface area contributed by atoms with Crippen LogP contribution in [-0.4, -0.2) is 24.0 Å². The monoisotopic (exact) mass is 223 g/mol. The van der Waals surface area contributed by atoms with E-state index in [1.807, 2.05) is 6.07 Å². The number of nitrogens with zero attached hydrogens (tertiary/aromatic N) is 1. The Morgan fingerprint density at radius 3 is 3.00 bits per heavy atom. The average molecular weight is 224 g/mol. The Labute approximate surface area is 94.5 Å². The number of hydrogen-bond acceptors (Lipinski definition) is 2. The molecule has 15 heavy (non-hydrogen) atoms. The molecule has 0 spiro atoms. The summed E-state index contributed by atoms with van der Waals surface area (Å²) in [4.78, 5) is 2.46. The molecule has 1 aromatic rings. The minimum absolute atomic E-state index is 0.583. The van der Waals surface area contributed by atoms with E-state index in [4.69, 9.17) is 16.0 Å². The highest BCUT2D eigenvalue weighted by atomic mass is 35.5. The van der Waals surface area contributed by atoms with Crippen molar-refractivity contribution >= 4 is 17.2 Å². The molecule has 2 atom stereocenters. The molecule has 1 aromatic heterocycles. The van der Waals surface area contributed by atoms with Gasteiger partial charge in [0.1, 0.15) is 5.76 Å². The molecule has 0 saturated carbocycles. The van der Waals surface area contributed by atoms with Crippen LogP contribution in [0.5, 0.6) is 0 Å². The third-order valence-corrected chi connectivity index (χ3v) is 3.95. The van der Waals surface area contributed by atoms with Gasteiger partial charge in [-0.2, -0.15) is 0 Å². The Morgan fingerprint density at radius 1 is 1.47 bits per heavy atom. The second-order valence-electron chi connectivity index (χ2n) is 4.46. The Kier molecular flexibility index (Phi) is 2.15. The van der Waals surface area contributed by atoms with Gasteiger partial charge in [0.25, 0.3) is 0 Å². The standard InChI is InChI=1S/C12H14ClNO/c1-14-9-2-3-10(14)7-8(6-9)12-11(13)4-5-15-12/h4-6,9-10H,2-3,7H2,1H3. The van der Waals surface area contributed by atoms with Gasteiger partial charge in [-0.15, -0.1) is 0 Å². The van der Waals surface area contributed by atoms with Gasteiger partial charge in [0, 0.05) is 12.1 Å². The fourth-order valence-corrected chi connectivity index (χ4v) is 2.95. The van der Waals surface area contributed by atoms with Crippen molar-refractivity contribution in [1.29, 1.82) is 0 Å². The van der Waals surface area contributed by atoms with Gasteiger partial charge in [-0.05, 0) is 37.9 Å². The first-order valence-corrected chi connectivity index (χ1v) is 5.79. The lowest BCUT2D eigenvalue weighted by molar-refractivity contribution is 0.263. The summed E-state index contributed by atoms with van der Waals surface area (Å²) in [5.74, 6) is 0.877. The van der Waals surface area contributed by atoms with Gasteiger partial charge >= 0.3 is 0 Å². The molecule has 3 heteroatoms. The summed E-state index contributed by atoms with van der Waals surface area (Å²) in [7, 11) is 2.21. The van der Waals surface area contributed by atoms with Crippen LogP contribution in [0.25, 0.3) is 5.57 Å². The molecule has 0 aromatic carbocycles. The van der Waals surface area contributed by atoms with Crippen molar-refractivity contribution in [3.8, 4) is 0 Å². The number of fused-ring (bicyclic) bond motifs is 2. The molecule has 2 aliphatic rings. The predicted molar refractivity (Wildman–Crippen MR) is 60.9 cm³/mol. The van der Waals surface area contributed by atoms with E-state index in [0.717, 1.165) is 17.2 Å². The summed E-state index contributed by atoms with van der Waals surface area (Å²) in [6.07, 6.45) is 7.61. The second-order valence-corrected chi connectivity index (χ2v) is 4.86. The van der Waals surface area contributed by atoms with Gasteiger partial charge in [-0.3, -0.25) is 4.90 Å². The molecule has 2 aliphatic heterocycles. The predicted octanol–water partition coefficient (Wildman–Crippen LogP) is 3.18. The van der Waals surface area contributed by atoms with Gasteiger partial charge in [0.2, 0.25) is 0 Å². The number of furan rings is 1. The van der Waals surface area contributed by atoms with Crippen LogP contribution < -0.4 is 0 Å². The van der Waals surface area contributed by atoms with Crippen molar-refractivity contribution in [3.05, 3.63) is 29.2 Å². The number of rotatable bonds is 1. The molecule has 2 nitrogen and oxygen atoms in total. The van der Waals surface area contributed by atoms with Crippen LogP contribution in [0, 0.1) is 0 Å². The summed E-state index contributed by atoms with van der Waals surface area (Å²) in [5, 5.41) is 0.741. The average Bonchev–Trinajstić information content (AvgIpc) is 2.70. The highest BCUT2D eigenvalue weighted by molar-refractivity contribution is 6.32.